The lowest BCUT2D eigenvalue weighted by molar-refractivity contribution is -0.153. The molecule has 0 radical (unpaired) electrons. The van der Waals surface area contributed by atoms with E-state index in [9.17, 15) is 0 Å². The molecule has 2 heteroatoms. The Balaban J connectivity index is 1.06. The number of benzene rings is 4. The Labute approximate surface area is 485 Å². The molecule has 5 aliphatic rings. The summed E-state index contributed by atoms with van der Waals surface area (Å²) in [6, 6.07) is 40.3. The van der Waals surface area contributed by atoms with Gasteiger partial charge in [0.15, 0.2) is 5.79 Å². The molecule has 1 heterocycles. The van der Waals surface area contributed by atoms with Crippen molar-refractivity contribution in [3.05, 3.63) is 142 Å². The summed E-state index contributed by atoms with van der Waals surface area (Å²) in [5.74, 6) is 5.47. The number of hydrogen-bond donors (Lipinski definition) is 0. The Hall–Kier alpha value is -3.20. The van der Waals surface area contributed by atoms with E-state index in [2.05, 4.69) is 152 Å². The largest absolute Gasteiger partial charge is 0.343 e. The summed E-state index contributed by atoms with van der Waals surface area (Å²) in [6.45, 7) is 18.8. The molecule has 0 bridgehead atoms. The van der Waals surface area contributed by atoms with Crippen LogP contribution in [0.2, 0.25) is 0 Å². The van der Waals surface area contributed by atoms with Crippen molar-refractivity contribution < 1.29 is 9.47 Å². The first kappa shape index (κ1) is 60.4. The molecule has 1 aliphatic heterocycles. The van der Waals surface area contributed by atoms with Crippen LogP contribution in [0.25, 0.3) is 0 Å². The third-order valence-electron chi connectivity index (χ3n) is 22.4. The van der Waals surface area contributed by atoms with E-state index in [1.54, 1.807) is 0 Å². The molecule has 0 aromatic heterocycles. The van der Waals surface area contributed by atoms with E-state index in [0.717, 1.165) is 23.7 Å². The maximum absolute atomic E-state index is 7.63. The summed E-state index contributed by atoms with van der Waals surface area (Å²) in [7, 11) is 0. The number of unbranched alkanes of at least 4 members (excludes halogenated alkanes) is 8. The first-order valence-corrected chi connectivity index (χ1v) is 34.2. The monoisotopic (exact) mass is 1070 g/mol. The molecule has 2 atom stereocenters. The fourth-order valence-electron chi connectivity index (χ4n) is 16.9. The maximum atomic E-state index is 7.63. The molecular formula is C77H114O2. The van der Waals surface area contributed by atoms with Gasteiger partial charge in [-0.25, -0.2) is 0 Å². The van der Waals surface area contributed by atoms with E-state index in [4.69, 9.17) is 9.47 Å². The van der Waals surface area contributed by atoms with Gasteiger partial charge in [-0.05, 0) is 222 Å². The molecule has 4 aromatic carbocycles. The third-order valence-corrected chi connectivity index (χ3v) is 22.4. The molecule has 9 rings (SSSR count). The predicted octanol–water partition coefficient (Wildman–Crippen LogP) is 22.9. The predicted molar refractivity (Wildman–Crippen MR) is 338 cm³/mol. The third kappa shape index (κ3) is 15.0. The molecule has 4 aromatic rings. The first-order valence-electron chi connectivity index (χ1n) is 34.2. The fourth-order valence-corrected chi connectivity index (χ4v) is 16.9. The average Bonchev–Trinajstić information content (AvgIpc) is 4.10. The second-order valence-electron chi connectivity index (χ2n) is 28.2. The van der Waals surface area contributed by atoms with Crippen molar-refractivity contribution in [2.24, 2.45) is 23.7 Å². The van der Waals surface area contributed by atoms with Crippen molar-refractivity contribution in [2.75, 3.05) is 0 Å². The second-order valence-corrected chi connectivity index (χ2v) is 28.2. The van der Waals surface area contributed by atoms with E-state index in [-0.39, 0.29) is 12.2 Å². The minimum Gasteiger partial charge on any atom is -0.343 e. The Morgan fingerprint density at radius 1 is 0.316 bits per heavy atom. The van der Waals surface area contributed by atoms with Gasteiger partial charge in [0.1, 0.15) is 12.2 Å². The van der Waals surface area contributed by atoms with Gasteiger partial charge in [-0.2, -0.15) is 0 Å². The minimum atomic E-state index is -0.783. The van der Waals surface area contributed by atoms with Gasteiger partial charge in [-0.3, -0.25) is 0 Å². The fraction of sp³-hybridized carbons (Fsp3) is 0.688. The van der Waals surface area contributed by atoms with Crippen LogP contribution in [-0.2, 0) is 20.3 Å². The van der Waals surface area contributed by atoms with Gasteiger partial charge < -0.3 is 9.47 Å². The van der Waals surface area contributed by atoms with Crippen LogP contribution in [0.4, 0.5) is 0 Å². The lowest BCUT2D eigenvalue weighted by Gasteiger charge is -2.45. The molecule has 5 fully saturated rings. The van der Waals surface area contributed by atoms with Gasteiger partial charge in [0.2, 0.25) is 0 Å². The Kier molecular flexibility index (Phi) is 22.1. The number of hydrogen-bond acceptors (Lipinski definition) is 2. The molecule has 0 N–H and O–H groups in total. The van der Waals surface area contributed by atoms with Crippen molar-refractivity contribution in [1.29, 1.82) is 0 Å². The molecule has 434 valence electrons. The van der Waals surface area contributed by atoms with Gasteiger partial charge in [0.05, 0.1) is 0 Å². The molecule has 4 aliphatic carbocycles. The summed E-state index contributed by atoms with van der Waals surface area (Å²) >= 11 is 0. The highest BCUT2D eigenvalue weighted by Crippen LogP contribution is 2.54. The summed E-state index contributed by atoms with van der Waals surface area (Å²) in [5.41, 5.74) is 10.5. The van der Waals surface area contributed by atoms with Crippen molar-refractivity contribution in [1.82, 2.24) is 0 Å². The van der Waals surface area contributed by atoms with E-state index in [0.29, 0.717) is 23.7 Å². The quantitative estimate of drug-likeness (QED) is 0.0584. The molecular weight excluding hydrogens is 957 g/mol. The summed E-state index contributed by atoms with van der Waals surface area (Å²) < 4.78 is 15.3. The van der Waals surface area contributed by atoms with Crippen LogP contribution in [0.5, 0.6) is 0 Å². The van der Waals surface area contributed by atoms with Gasteiger partial charge in [-0.15, -0.1) is 0 Å². The lowest BCUT2D eigenvalue weighted by atomic mass is 9.62. The highest BCUT2D eigenvalue weighted by Gasteiger charge is 2.59. The molecule has 4 saturated carbocycles. The van der Waals surface area contributed by atoms with Crippen LogP contribution in [-0.4, -0.2) is 18.0 Å². The SMILES string of the molecule is CCCCCC1CCC(c2ccc(C(C)(c3ccc(C4CCC(CCCCC)CC4)cc3)[C@@H]3OC(C)(C)O[C@H]3C(C)(c3ccc(C4CCC(CCCCC)CC4)cc3)c3ccc(C4CCC(CCCCC)CC4)cc3)cc2)CC1. The van der Waals surface area contributed by atoms with Crippen LogP contribution in [0.3, 0.4) is 0 Å². The molecule has 79 heavy (non-hydrogen) atoms. The van der Waals surface area contributed by atoms with Crippen LogP contribution >= 0.6 is 0 Å². The van der Waals surface area contributed by atoms with E-state index in [1.807, 2.05) is 0 Å². The molecule has 0 amide bonds. The Morgan fingerprint density at radius 2 is 0.519 bits per heavy atom. The van der Waals surface area contributed by atoms with Gasteiger partial charge in [0.25, 0.3) is 0 Å². The van der Waals surface area contributed by atoms with Crippen molar-refractivity contribution in [3.63, 3.8) is 0 Å². The van der Waals surface area contributed by atoms with Crippen LogP contribution in [0.15, 0.2) is 97.1 Å². The van der Waals surface area contributed by atoms with Crippen LogP contribution < -0.4 is 0 Å². The topological polar surface area (TPSA) is 18.5 Å². The number of rotatable bonds is 26. The summed E-state index contributed by atoms with van der Waals surface area (Å²) in [5, 5.41) is 0. The van der Waals surface area contributed by atoms with E-state index < -0.39 is 16.6 Å². The zero-order chi connectivity index (χ0) is 55.2. The molecule has 1 saturated heterocycles. The zero-order valence-corrected chi connectivity index (χ0v) is 52.0. The highest BCUT2D eigenvalue weighted by molar-refractivity contribution is 5.49. The molecule has 2 nitrogen and oxygen atoms in total. The number of ether oxygens (including phenoxy) is 2. The molecule has 0 spiro atoms. The van der Waals surface area contributed by atoms with Crippen LogP contribution in [0.1, 0.15) is 329 Å². The Morgan fingerprint density at radius 3 is 0.709 bits per heavy atom. The highest BCUT2D eigenvalue weighted by atomic mass is 16.8. The lowest BCUT2D eigenvalue weighted by Crippen LogP contribution is -2.52. The van der Waals surface area contributed by atoms with E-state index in [1.165, 1.54) is 250 Å². The maximum Gasteiger partial charge on any atom is 0.163 e. The normalized spacial score (nSPS) is 29.0. The Bertz CT molecular complexity index is 2030. The second kappa shape index (κ2) is 28.9. The zero-order valence-electron chi connectivity index (χ0n) is 52.0. The van der Waals surface area contributed by atoms with Gasteiger partial charge in [-0.1, -0.05) is 227 Å². The van der Waals surface area contributed by atoms with Gasteiger partial charge in [0, 0.05) is 10.8 Å². The molecule has 0 unspecified atom stereocenters. The standard InChI is InChI=1S/C77H114O2/c1-9-13-17-21-57-25-33-61(34-26-57)65-41-49-69(50-42-65)76(7,70-51-43-66(44-52-70)62-35-27-58(28-36-62)22-18-14-10-2)73-74(79-75(5,6)78-73)77(8,71-53-45-67(46-54-71)63-37-29-59(30-38-63)23-19-15-11-3)72-55-47-68(48-56-72)64-39-31-60(32-40-64)24-20-16-12-4/h41-64,73-74H,9-40H2,1-8H3/t57?,58?,59?,60?,61?,62?,63?,64?,73-,74-,76?,77?/m1/s1. The van der Waals surface area contributed by atoms with E-state index >= 15 is 0 Å². The average molecular weight is 1070 g/mol. The summed E-state index contributed by atoms with van der Waals surface area (Å²) in [6.07, 6.45) is 43.2. The smallest absolute Gasteiger partial charge is 0.163 e. The summed E-state index contributed by atoms with van der Waals surface area (Å²) in [4.78, 5) is 0. The van der Waals surface area contributed by atoms with Crippen molar-refractivity contribution in [3.8, 4) is 0 Å². The van der Waals surface area contributed by atoms with Crippen LogP contribution in [0, 0.1) is 23.7 Å². The van der Waals surface area contributed by atoms with Crippen molar-refractivity contribution >= 4 is 0 Å². The van der Waals surface area contributed by atoms with Crippen molar-refractivity contribution in [2.45, 2.75) is 313 Å². The minimum absolute atomic E-state index is 0.272. The first-order chi connectivity index (χ1) is 38.4. The van der Waals surface area contributed by atoms with Gasteiger partial charge >= 0.3 is 0 Å².